The Hall–Kier alpha value is 0.200. The molecule has 2 nitrogen and oxygen atoms in total. The van der Waals surface area contributed by atoms with Crippen molar-refractivity contribution in [3.05, 3.63) is 0 Å². The van der Waals surface area contributed by atoms with Crippen LogP contribution >= 0.6 is 22.6 Å². The lowest BCUT2D eigenvalue weighted by molar-refractivity contribution is -0.140. The molecule has 0 fully saturated rings. The van der Waals surface area contributed by atoms with E-state index in [2.05, 4.69) is 34.3 Å². The lowest BCUT2D eigenvalue weighted by atomic mass is 10.0. The zero-order valence-electron chi connectivity index (χ0n) is 7.10. The summed E-state index contributed by atoms with van der Waals surface area (Å²) in [6.07, 6.45) is 2.71. The highest BCUT2D eigenvalue weighted by Crippen LogP contribution is 2.11. The van der Waals surface area contributed by atoms with Gasteiger partial charge in [0.15, 0.2) is 0 Å². The quantitative estimate of drug-likeness (QED) is 0.435. The fraction of sp³-hybridized carbons (Fsp3) is 0.875. The largest absolute Gasteiger partial charge is 0.469 e. The first kappa shape index (κ1) is 11.2. The van der Waals surface area contributed by atoms with E-state index in [1.54, 1.807) is 0 Å². The molecule has 0 aliphatic rings. The molecule has 0 aliphatic carbocycles. The summed E-state index contributed by atoms with van der Waals surface area (Å²) in [4.78, 5) is 10.7. The molecule has 0 bridgehead atoms. The summed E-state index contributed by atoms with van der Waals surface area (Å²) in [7, 11) is 1.44. The molecular formula is C8H15IO2. The van der Waals surface area contributed by atoms with Crippen LogP contribution in [0.4, 0.5) is 0 Å². The van der Waals surface area contributed by atoms with Gasteiger partial charge in [-0.3, -0.25) is 4.79 Å². The van der Waals surface area contributed by atoms with E-state index in [0.29, 0.717) is 12.3 Å². The Morgan fingerprint density at radius 3 is 2.64 bits per heavy atom. The number of esters is 1. The maximum Gasteiger partial charge on any atom is 0.305 e. The van der Waals surface area contributed by atoms with Crippen LogP contribution in [0.25, 0.3) is 0 Å². The van der Waals surface area contributed by atoms with Gasteiger partial charge < -0.3 is 4.74 Å². The van der Waals surface area contributed by atoms with Crippen molar-refractivity contribution in [2.75, 3.05) is 11.5 Å². The molecule has 0 heterocycles. The summed E-state index contributed by atoms with van der Waals surface area (Å²) in [6.45, 7) is 2.17. The van der Waals surface area contributed by atoms with Crippen molar-refractivity contribution in [2.24, 2.45) is 5.92 Å². The first-order valence-electron chi connectivity index (χ1n) is 3.83. The number of alkyl halides is 1. The molecule has 0 aromatic rings. The fourth-order valence-electron chi connectivity index (χ4n) is 0.797. The predicted octanol–water partition coefficient (Wildman–Crippen LogP) is 2.40. The summed E-state index contributed by atoms with van der Waals surface area (Å²) in [5, 5.41) is 0. The third kappa shape index (κ3) is 6.59. The van der Waals surface area contributed by atoms with Crippen LogP contribution in [0.1, 0.15) is 26.2 Å². The van der Waals surface area contributed by atoms with Gasteiger partial charge in [-0.25, -0.2) is 0 Å². The summed E-state index contributed by atoms with van der Waals surface area (Å²) < 4.78 is 5.70. The minimum atomic E-state index is -0.0923. The van der Waals surface area contributed by atoms with E-state index in [9.17, 15) is 4.79 Å². The standard InChI is InChI=1S/C8H15IO2/c1-7(5-6-9)3-4-8(10)11-2/h7H,3-6H2,1-2H3/t7-/m1/s1. The highest BCUT2D eigenvalue weighted by atomic mass is 127. The third-order valence-electron chi connectivity index (χ3n) is 1.67. The van der Waals surface area contributed by atoms with E-state index >= 15 is 0 Å². The van der Waals surface area contributed by atoms with Gasteiger partial charge >= 0.3 is 5.97 Å². The maximum absolute atomic E-state index is 10.7. The second kappa shape index (κ2) is 6.88. The number of hydrogen-bond acceptors (Lipinski definition) is 2. The Bertz CT molecular complexity index is 115. The summed E-state index contributed by atoms with van der Waals surface area (Å²) in [5.41, 5.74) is 0. The van der Waals surface area contributed by atoms with Gasteiger partial charge in [0.2, 0.25) is 0 Å². The molecule has 11 heavy (non-hydrogen) atoms. The number of ether oxygens (including phenoxy) is 1. The smallest absolute Gasteiger partial charge is 0.305 e. The molecule has 0 aliphatic heterocycles. The van der Waals surface area contributed by atoms with E-state index in [4.69, 9.17) is 0 Å². The highest BCUT2D eigenvalue weighted by Gasteiger charge is 2.05. The summed E-state index contributed by atoms with van der Waals surface area (Å²) in [5.74, 6) is 0.552. The maximum atomic E-state index is 10.7. The third-order valence-corrected chi connectivity index (χ3v) is 2.29. The molecule has 0 N–H and O–H groups in total. The normalized spacial score (nSPS) is 12.6. The highest BCUT2D eigenvalue weighted by molar-refractivity contribution is 14.1. The number of hydrogen-bond donors (Lipinski definition) is 0. The molecule has 0 spiro atoms. The minimum absolute atomic E-state index is 0.0923. The predicted molar refractivity (Wildman–Crippen MR) is 53.9 cm³/mol. The van der Waals surface area contributed by atoms with Crippen LogP contribution in [0.15, 0.2) is 0 Å². The molecule has 0 saturated heterocycles. The van der Waals surface area contributed by atoms with Gasteiger partial charge in [0.25, 0.3) is 0 Å². The molecule has 3 heteroatoms. The van der Waals surface area contributed by atoms with Crippen LogP contribution in [-0.4, -0.2) is 17.5 Å². The molecular weight excluding hydrogens is 255 g/mol. The first-order valence-corrected chi connectivity index (χ1v) is 5.36. The van der Waals surface area contributed by atoms with E-state index < -0.39 is 0 Å². The van der Waals surface area contributed by atoms with E-state index in [0.717, 1.165) is 6.42 Å². The molecule has 0 unspecified atom stereocenters. The van der Waals surface area contributed by atoms with E-state index in [-0.39, 0.29) is 5.97 Å². The van der Waals surface area contributed by atoms with Gasteiger partial charge in [-0.1, -0.05) is 29.5 Å². The average molecular weight is 270 g/mol. The zero-order valence-corrected chi connectivity index (χ0v) is 9.26. The second-order valence-electron chi connectivity index (χ2n) is 2.70. The second-order valence-corrected chi connectivity index (χ2v) is 3.78. The summed E-state index contributed by atoms with van der Waals surface area (Å²) in [6, 6.07) is 0. The molecule has 0 rings (SSSR count). The Balaban J connectivity index is 3.29. The van der Waals surface area contributed by atoms with Crippen LogP contribution in [0.3, 0.4) is 0 Å². The SMILES string of the molecule is COC(=O)CC[C@@H](C)CCI. The van der Waals surface area contributed by atoms with Crippen molar-refractivity contribution < 1.29 is 9.53 Å². The topological polar surface area (TPSA) is 26.3 Å². The van der Waals surface area contributed by atoms with Crippen LogP contribution in [0, 0.1) is 5.92 Å². The number of carbonyl (C=O) groups is 1. The molecule has 0 aromatic heterocycles. The molecule has 0 amide bonds. The van der Waals surface area contributed by atoms with Gasteiger partial charge in [-0.05, 0) is 23.2 Å². The number of rotatable bonds is 5. The Kier molecular flexibility index (Phi) is 7.01. The fourth-order valence-corrected chi connectivity index (χ4v) is 1.86. The van der Waals surface area contributed by atoms with Crippen LogP contribution in [0.5, 0.6) is 0 Å². The van der Waals surface area contributed by atoms with Gasteiger partial charge in [0.05, 0.1) is 7.11 Å². The number of carbonyl (C=O) groups excluding carboxylic acids is 1. The Morgan fingerprint density at radius 1 is 1.55 bits per heavy atom. The Labute approximate surface area is 81.8 Å². The van der Waals surface area contributed by atoms with Crippen molar-refractivity contribution >= 4 is 28.6 Å². The van der Waals surface area contributed by atoms with Crippen LogP contribution in [-0.2, 0) is 9.53 Å². The van der Waals surface area contributed by atoms with E-state index in [1.165, 1.54) is 18.0 Å². The van der Waals surface area contributed by atoms with Crippen molar-refractivity contribution in [1.29, 1.82) is 0 Å². The monoisotopic (exact) mass is 270 g/mol. The zero-order chi connectivity index (χ0) is 8.69. The van der Waals surface area contributed by atoms with Crippen LogP contribution in [0.2, 0.25) is 0 Å². The number of methoxy groups -OCH3 is 1. The van der Waals surface area contributed by atoms with Gasteiger partial charge in [0.1, 0.15) is 0 Å². The molecule has 0 aromatic carbocycles. The van der Waals surface area contributed by atoms with E-state index in [1.807, 2.05) is 0 Å². The van der Waals surface area contributed by atoms with Gasteiger partial charge in [-0.15, -0.1) is 0 Å². The van der Waals surface area contributed by atoms with Crippen molar-refractivity contribution in [1.82, 2.24) is 0 Å². The lowest BCUT2D eigenvalue weighted by Crippen LogP contribution is -2.04. The molecule has 0 saturated carbocycles. The van der Waals surface area contributed by atoms with Gasteiger partial charge in [-0.2, -0.15) is 0 Å². The van der Waals surface area contributed by atoms with Gasteiger partial charge in [0, 0.05) is 6.42 Å². The average Bonchev–Trinajstić information content (AvgIpc) is 2.01. The Morgan fingerprint density at radius 2 is 2.18 bits per heavy atom. The number of halogens is 1. The van der Waals surface area contributed by atoms with Crippen LogP contribution < -0.4 is 0 Å². The van der Waals surface area contributed by atoms with Crippen molar-refractivity contribution in [3.8, 4) is 0 Å². The molecule has 1 atom stereocenters. The summed E-state index contributed by atoms with van der Waals surface area (Å²) >= 11 is 2.35. The lowest BCUT2D eigenvalue weighted by Gasteiger charge is -2.06. The van der Waals surface area contributed by atoms with Crippen molar-refractivity contribution in [3.63, 3.8) is 0 Å². The van der Waals surface area contributed by atoms with Crippen molar-refractivity contribution in [2.45, 2.75) is 26.2 Å². The first-order chi connectivity index (χ1) is 5.20. The molecule has 0 radical (unpaired) electrons. The molecule has 66 valence electrons. The minimum Gasteiger partial charge on any atom is -0.469 e.